The number of thioether (sulfide) groups is 1. The molecule has 3 rings (SSSR count). The first-order valence-corrected chi connectivity index (χ1v) is 13.5. The van der Waals surface area contributed by atoms with Crippen LogP contribution in [-0.4, -0.2) is 57.3 Å². The molecule has 1 atom stereocenters. The zero-order chi connectivity index (χ0) is 25.7. The molecule has 0 saturated carbocycles. The van der Waals surface area contributed by atoms with Crippen molar-refractivity contribution in [2.75, 3.05) is 5.75 Å². The van der Waals surface area contributed by atoms with E-state index in [9.17, 15) is 23.6 Å². The number of hydrogen-bond donors (Lipinski definition) is 1. The van der Waals surface area contributed by atoms with E-state index in [0.717, 1.165) is 41.9 Å². The minimum atomic E-state index is -0.710. The number of amides is 4. The van der Waals surface area contributed by atoms with E-state index in [1.165, 1.54) is 28.8 Å². The molecule has 0 bridgehead atoms. The number of unbranched alkanes of at least 4 members (excludes halogenated alkanes) is 3. The first kappa shape index (κ1) is 27.2. The predicted molar refractivity (Wildman–Crippen MR) is 133 cm³/mol. The van der Waals surface area contributed by atoms with Crippen molar-refractivity contribution in [3.63, 3.8) is 0 Å². The number of carbonyl (C=O) groups is 4. The molecule has 1 saturated heterocycles. The maximum Gasteiger partial charge on any atom is 0.255 e. The number of piperidine rings is 1. The SMILES string of the molecule is CC(C)N(C(=O)CCCCCCSc1cc(F)cc2c1CN(C1CCC(=O)NC1=O)C2=O)C(C)C. The lowest BCUT2D eigenvalue weighted by Crippen LogP contribution is -2.52. The van der Waals surface area contributed by atoms with Gasteiger partial charge in [-0.05, 0) is 70.4 Å². The number of imide groups is 1. The molecule has 0 aliphatic carbocycles. The van der Waals surface area contributed by atoms with Crippen molar-refractivity contribution in [1.29, 1.82) is 0 Å². The summed E-state index contributed by atoms with van der Waals surface area (Å²) >= 11 is 1.52. The largest absolute Gasteiger partial charge is 0.338 e. The van der Waals surface area contributed by atoms with E-state index in [1.54, 1.807) is 0 Å². The molecular formula is C26H36FN3O4S. The number of fused-ring (bicyclic) bond motifs is 1. The van der Waals surface area contributed by atoms with E-state index >= 15 is 0 Å². The van der Waals surface area contributed by atoms with Crippen molar-refractivity contribution in [1.82, 2.24) is 15.1 Å². The van der Waals surface area contributed by atoms with Gasteiger partial charge in [-0.2, -0.15) is 0 Å². The fraction of sp³-hybridized carbons (Fsp3) is 0.615. The van der Waals surface area contributed by atoms with Crippen LogP contribution >= 0.6 is 11.8 Å². The van der Waals surface area contributed by atoms with Crippen LogP contribution in [0.1, 0.15) is 88.6 Å². The molecule has 1 aromatic carbocycles. The zero-order valence-electron chi connectivity index (χ0n) is 21.1. The highest BCUT2D eigenvalue weighted by Gasteiger charge is 2.40. The van der Waals surface area contributed by atoms with Gasteiger partial charge in [0.15, 0.2) is 0 Å². The Kier molecular flexibility index (Phi) is 9.33. The van der Waals surface area contributed by atoms with Crippen LogP contribution in [0.25, 0.3) is 0 Å². The maximum atomic E-state index is 14.3. The van der Waals surface area contributed by atoms with Gasteiger partial charge in [-0.3, -0.25) is 24.5 Å². The second-order valence-corrected chi connectivity index (χ2v) is 11.0. The predicted octanol–water partition coefficient (Wildman–Crippen LogP) is 4.27. The van der Waals surface area contributed by atoms with E-state index in [0.29, 0.717) is 12.0 Å². The highest BCUT2D eigenvalue weighted by atomic mass is 32.2. The molecule has 0 aromatic heterocycles. The standard InChI is InChI=1S/C26H36FN3O4S/c1-16(2)30(17(3)4)24(32)9-7-5-6-8-12-35-22-14-18(27)13-19-20(22)15-29(26(19)34)21-10-11-23(31)28-25(21)33/h13-14,16-17,21H,5-12,15H2,1-4H3,(H,28,31,33). The second-order valence-electron chi connectivity index (χ2n) is 9.83. The van der Waals surface area contributed by atoms with Crippen molar-refractivity contribution in [3.05, 3.63) is 29.1 Å². The number of nitrogens with one attached hydrogen (secondary N) is 1. The molecule has 1 fully saturated rings. The molecular weight excluding hydrogens is 469 g/mol. The summed E-state index contributed by atoms with van der Waals surface area (Å²) in [4.78, 5) is 53.2. The van der Waals surface area contributed by atoms with Crippen LogP contribution < -0.4 is 5.32 Å². The lowest BCUT2D eigenvalue weighted by Gasteiger charge is -2.30. The summed E-state index contributed by atoms with van der Waals surface area (Å²) in [6, 6.07) is 2.38. The van der Waals surface area contributed by atoms with Crippen LogP contribution in [0, 0.1) is 5.82 Å². The van der Waals surface area contributed by atoms with Crippen molar-refractivity contribution in [2.24, 2.45) is 0 Å². The lowest BCUT2D eigenvalue weighted by molar-refractivity contribution is -0.137. The average molecular weight is 506 g/mol. The summed E-state index contributed by atoms with van der Waals surface area (Å²) in [6.07, 6.45) is 4.73. The fourth-order valence-corrected chi connectivity index (χ4v) is 6.05. The molecule has 1 aromatic rings. The second kappa shape index (κ2) is 12.0. The normalized spacial score (nSPS) is 17.9. The minimum Gasteiger partial charge on any atom is -0.338 e. The average Bonchev–Trinajstić information content (AvgIpc) is 3.08. The fourth-order valence-electron chi connectivity index (χ4n) is 4.94. The van der Waals surface area contributed by atoms with Crippen LogP contribution in [0.2, 0.25) is 0 Å². The summed E-state index contributed by atoms with van der Waals surface area (Å²) in [5.74, 6) is -0.661. The van der Waals surface area contributed by atoms with Gasteiger partial charge in [-0.25, -0.2) is 4.39 Å². The first-order valence-electron chi connectivity index (χ1n) is 12.5. The van der Waals surface area contributed by atoms with Crippen LogP contribution in [0.4, 0.5) is 4.39 Å². The number of rotatable bonds is 11. The maximum absolute atomic E-state index is 14.3. The van der Waals surface area contributed by atoms with E-state index in [2.05, 4.69) is 5.32 Å². The van der Waals surface area contributed by atoms with Gasteiger partial charge in [0.05, 0.1) is 0 Å². The van der Waals surface area contributed by atoms with Gasteiger partial charge in [-0.1, -0.05) is 12.8 Å². The summed E-state index contributed by atoms with van der Waals surface area (Å²) in [6.45, 7) is 8.39. The molecule has 2 heterocycles. The smallest absolute Gasteiger partial charge is 0.255 e. The van der Waals surface area contributed by atoms with Gasteiger partial charge in [0.2, 0.25) is 17.7 Å². The summed E-state index contributed by atoms with van der Waals surface area (Å²) in [5.41, 5.74) is 1.05. The highest BCUT2D eigenvalue weighted by molar-refractivity contribution is 7.99. The molecule has 9 heteroatoms. The summed E-state index contributed by atoms with van der Waals surface area (Å²) in [5, 5.41) is 2.29. The number of benzene rings is 1. The Labute approximate surface area is 211 Å². The number of carbonyl (C=O) groups excluding carboxylic acids is 4. The summed E-state index contributed by atoms with van der Waals surface area (Å²) in [7, 11) is 0. The van der Waals surface area contributed by atoms with Gasteiger partial charge in [0.25, 0.3) is 5.91 Å². The highest BCUT2D eigenvalue weighted by Crippen LogP contribution is 2.35. The van der Waals surface area contributed by atoms with E-state index < -0.39 is 17.8 Å². The third-order valence-electron chi connectivity index (χ3n) is 6.52. The summed E-state index contributed by atoms with van der Waals surface area (Å²) < 4.78 is 14.3. The molecule has 1 unspecified atom stereocenters. The monoisotopic (exact) mass is 505 g/mol. The Morgan fingerprint density at radius 3 is 2.46 bits per heavy atom. The van der Waals surface area contributed by atoms with Gasteiger partial charge in [0, 0.05) is 41.9 Å². The third kappa shape index (κ3) is 6.63. The quantitative estimate of drug-likeness (QED) is 0.276. The van der Waals surface area contributed by atoms with Crippen molar-refractivity contribution >= 4 is 35.4 Å². The van der Waals surface area contributed by atoms with Gasteiger partial charge in [-0.15, -0.1) is 11.8 Å². The number of nitrogens with zero attached hydrogens (tertiary/aromatic N) is 2. The molecule has 2 aliphatic rings. The molecule has 0 radical (unpaired) electrons. The molecule has 35 heavy (non-hydrogen) atoms. The Morgan fingerprint density at radius 1 is 1.11 bits per heavy atom. The van der Waals surface area contributed by atoms with E-state index in [-0.39, 0.29) is 49.2 Å². The molecule has 7 nitrogen and oxygen atoms in total. The molecule has 2 aliphatic heterocycles. The first-order chi connectivity index (χ1) is 16.6. The molecule has 192 valence electrons. The van der Waals surface area contributed by atoms with Crippen LogP contribution in [0.5, 0.6) is 0 Å². The van der Waals surface area contributed by atoms with Crippen molar-refractivity contribution < 1.29 is 23.6 Å². The van der Waals surface area contributed by atoms with Gasteiger partial charge in [0.1, 0.15) is 11.9 Å². The van der Waals surface area contributed by atoms with Crippen LogP contribution in [0.3, 0.4) is 0 Å². The Balaban J connectivity index is 1.49. The van der Waals surface area contributed by atoms with E-state index in [4.69, 9.17) is 0 Å². The van der Waals surface area contributed by atoms with Gasteiger partial charge >= 0.3 is 0 Å². The molecule has 0 spiro atoms. The third-order valence-corrected chi connectivity index (χ3v) is 7.69. The zero-order valence-corrected chi connectivity index (χ0v) is 21.9. The minimum absolute atomic E-state index is 0.186. The van der Waals surface area contributed by atoms with Crippen molar-refractivity contribution in [3.8, 4) is 0 Å². The Morgan fingerprint density at radius 2 is 1.80 bits per heavy atom. The topological polar surface area (TPSA) is 86.8 Å². The Bertz CT molecular complexity index is 974. The Hall–Kier alpha value is -2.42. The van der Waals surface area contributed by atoms with Gasteiger partial charge < -0.3 is 9.80 Å². The molecule has 4 amide bonds. The van der Waals surface area contributed by atoms with Crippen LogP contribution in [0.15, 0.2) is 17.0 Å². The number of halogens is 1. The van der Waals surface area contributed by atoms with Crippen LogP contribution in [-0.2, 0) is 20.9 Å². The molecule has 1 N–H and O–H groups in total. The number of hydrogen-bond acceptors (Lipinski definition) is 5. The van der Waals surface area contributed by atoms with E-state index in [1.807, 2.05) is 32.6 Å². The lowest BCUT2D eigenvalue weighted by atomic mass is 10.0. The van der Waals surface area contributed by atoms with Crippen molar-refractivity contribution in [2.45, 2.75) is 102 Å².